The average Bonchev–Trinajstić information content (AvgIpc) is 3.08. The summed E-state index contributed by atoms with van der Waals surface area (Å²) in [6, 6.07) is 0. The molecule has 2 heterocycles. The van der Waals surface area contributed by atoms with Crippen LogP contribution < -0.4 is 5.32 Å². The number of rotatable bonds is 5. The van der Waals surface area contributed by atoms with E-state index in [-0.39, 0.29) is 12.0 Å². The lowest BCUT2D eigenvalue weighted by molar-refractivity contribution is 0.0914. The maximum absolute atomic E-state index is 11.7. The van der Waals surface area contributed by atoms with Crippen LogP contribution in [0.3, 0.4) is 0 Å². The fourth-order valence-corrected chi connectivity index (χ4v) is 2.53. The molecule has 1 aliphatic rings. The van der Waals surface area contributed by atoms with Gasteiger partial charge in [-0.15, -0.1) is 0 Å². The van der Waals surface area contributed by atoms with Gasteiger partial charge < -0.3 is 24.4 Å². The average molecular weight is 352 g/mol. The van der Waals surface area contributed by atoms with Crippen LogP contribution in [-0.2, 0) is 11.2 Å². The van der Waals surface area contributed by atoms with Crippen molar-refractivity contribution in [3.63, 3.8) is 0 Å². The zero-order chi connectivity index (χ0) is 18.2. The molecule has 0 aliphatic carbocycles. The number of ether oxygens (including phenoxy) is 1. The zero-order valence-electron chi connectivity index (χ0n) is 15.5. The monoisotopic (exact) mass is 352 g/mol. The van der Waals surface area contributed by atoms with Crippen molar-refractivity contribution >= 4 is 12.1 Å². The van der Waals surface area contributed by atoms with Crippen molar-refractivity contribution in [3.8, 4) is 0 Å². The molecule has 0 atom stereocenters. The van der Waals surface area contributed by atoms with Gasteiger partial charge in [0, 0.05) is 52.1 Å². The highest BCUT2D eigenvalue weighted by molar-refractivity contribution is 5.80. The SMILES string of the molecule is CCOC(=O)N1CCN(C(=NC)NCCc2nc(C(C)C)no2)CC1. The molecule has 0 unspecified atom stereocenters. The van der Waals surface area contributed by atoms with Crippen LogP contribution in [-0.4, -0.2) is 78.4 Å². The lowest BCUT2D eigenvalue weighted by Gasteiger charge is -2.35. The Kier molecular flexibility index (Phi) is 7.03. The van der Waals surface area contributed by atoms with Crippen LogP contribution in [0.25, 0.3) is 0 Å². The summed E-state index contributed by atoms with van der Waals surface area (Å²) in [6.45, 7) is 9.62. The van der Waals surface area contributed by atoms with E-state index in [4.69, 9.17) is 9.26 Å². The van der Waals surface area contributed by atoms with Crippen molar-refractivity contribution < 1.29 is 14.1 Å². The Bertz CT molecular complexity index is 578. The van der Waals surface area contributed by atoms with Gasteiger partial charge in [-0.25, -0.2) is 4.79 Å². The predicted molar refractivity (Wildman–Crippen MR) is 93.6 cm³/mol. The first-order chi connectivity index (χ1) is 12.0. The standard InChI is InChI=1S/C16H28N6O3/c1-5-24-16(23)22-10-8-21(9-11-22)15(17-4)18-7-6-13-19-14(12(2)3)20-25-13/h12H,5-11H2,1-4H3,(H,17,18). The normalized spacial score (nSPS) is 15.6. The summed E-state index contributed by atoms with van der Waals surface area (Å²) in [5, 5.41) is 7.27. The molecule has 0 spiro atoms. The molecule has 2 rings (SSSR count). The second-order valence-electron chi connectivity index (χ2n) is 6.10. The number of hydrogen-bond donors (Lipinski definition) is 1. The molecule has 0 saturated carbocycles. The number of carbonyl (C=O) groups is 1. The van der Waals surface area contributed by atoms with Gasteiger partial charge in [0.05, 0.1) is 6.61 Å². The van der Waals surface area contributed by atoms with E-state index >= 15 is 0 Å². The lowest BCUT2D eigenvalue weighted by Crippen LogP contribution is -2.54. The first-order valence-corrected chi connectivity index (χ1v) is 8.74. The lowest BCUT2D eigenvalue weighted by atomic mass is 10.2. The van der Waals surface area contributed by atoms with Crippen LogP contribution in [0.5, 0.6) is 0 Å². The number of guanidine groups is 1. The Labute approximate surface area is 148 Å². The summed E-state index contributed by atoms with van der Waals surface area (Å²) in [6.07, 6.45) is 0.393. The molecule has 140 valence electrons. The van der Waals surface area contributed by atoms with Gasteiger partial charge >= 0.3 is 6.09 Å². The zero-order valence-corrected chi connectivity index (χ0v) is 15.5. The van der Waals surface area contributed by atoms with Crippen LogP contribution >= 0.6 is 0 Å². The quantitative estimate of drug-likeness (QED) is 0.626. The maximum Gasteiger partial charge on any atom is 0.409 e. The van der Waals surface area contributed by atoms with Crippen molar-refractivity contribution in [2.45, 2.75) is 33.1 Å². The van der Waals surface area contributed by atoms with Crippen molar-refractivity contribution in [2.75, 3.05) is 46.4 Å². The number of piperazine rings is 1. The highest BCUT2D eigenvalue weighted by atomic mass is 16.6. The number of hydrogen-bond acceptors (Lipinski definition) is 6. The predicted octanol–water partition coefficient (Wildman–Crippen LogP) is 1.09. The minimum absolute atomic E-state index is 0.248. The Morgan fingerprint density at radius 1 is 1.32 bits per heavy atom. The van der Waals surface area contributed by atoms with E-state index in [9.17, 15) is 4.79 Å². The Balaban J connectivity index is 1.76. The Morgan fingerprint density at radius 3 is 2.56 bits per heavy atom. The highest BCUT2D eigenvalue weighted by Gasteiger charge is 2.23. The van der Waals surface area contributed by atoms with Crippen LogP contribution in [0.1, 0.15) is 38.4 Å². The molecule has 0 bridgehead atoms. The molecule has 0 radical (unpaired) electrons. The minimum atomic E-state index is -0.248. The summed E-state index contributed by atoms with van der Waals surface area (Å²) in [5.74, 6) is 2.43. The first kappa shape index (κ1) is 19.0. The van der Waals surface area contributed by atoms with Gasteiger partial charge in [0.1, 0.15) is 0 Å². The minimum Gasteiger partial charge on any atom is -0.450 e. The molecule has 1 aromatic heterocycles. The molecule has 25 heavy (non-hydrogen) atoms. The third kappa shape index (κ3) is 5.33. The molecule has 1 aliphatic heterocycles. The van der Waals surface area contributed by atoms with Crippen molar-refractivity contribution in [1.82, 2.24) is 25.3 Å². The largest absolute Gasteiger partial charge is 0.450 e. The van der Waals surface area contributed by atoms with Gasteiger partial charge in [0.25, 0.3) is 0 Å². The molecule has 1 amide bonds. The molecule has 1 fully saturated rings. The van der Waals surface area contributed by atoms with Crippen molar-refractivity contribution in [1.29, 1.82) is 0 Å². The Morgan fingerprint density at radius 2 is 2.00 bits per heavy atom. The number of amides is 1. The van der Waals surface area contributed by atoms with Gasteiger partial charge in [-0.05, 0) is 6.92 Å². The number of nitrogens with zero attached hydrogens (tertiary/aromatic N) is 5. The van der Waals surface area contributed by atoms with Gasteiger partial charge in [-0.2, -0.15) is 4.98 Å². The van der Waals surface area contributed by atoms with E-state index in [0.29, 0.717) is 38.6 Å². The molecular formula is C16H28N6O3. The summed E-state index contributed by atoms with van der Waals surface area (Å²) in [5.41, 5.74) is 0. The molecule has 9 heteroatoms. The number of aromatic nitrogens is 2. The van der Waals surface area contributed by atoms with Gasteiger partial charge in [-0.1, -0.05) is 19.0 Å². The van der Waals surface area contributed by atoms with Crippen molar-refractivity contribution in [2.24, 2.45) is 4.99 Å². The van der Waals surface area contributed by atoms with E-state index in [1.165, 1.54) is 0 Å². The molecule has 0 aromatic carbocycles. The third-order valence-electron chi connectivity index (χ3n) is 3.94. The van der Waals surface area contributed by atoms with E-state index in [2.05, 4.69) is 25.3 Å². The smallest absolute Gasteiger partial charge is 0.409 e. The van der Waals surface area contributed by atoms with E-state index in [1.807, 2.05) is 20.8 Å². The van der Waals surface area contributed by atoms with Crippen LogP contribution in [0.2, 0.25) is 0 Å². The van der Waals surface area contributed by atoms with Crippen molar-refractivity contribution in [3.05, 3.63) is 11.7 Å². The fourth-order valence-electron chi connectivity index (χ4n) is 2.53. The molecule has 9 nitrogen and oxygen atoms in total. The van der Waals surface area contributed by atoms with Gasteiger partial charge in [0.2, 0.25) is 5.89 Å². The van der Waals surface area contributed by atoms with Crippen LogP contribution in [0, 0.1) is 0 Å². The number of carbonyl (C=O) groups excluding carboxylic acids is 1. The molecule has 1 N–H and O–H groups in total. The fraction of sp³-hybridized carbons (Fsp3) is 0.750. The molecular weight excluding hydrogens is 324 g/mol. The van der Waals surface area contributed by atoms with Gasteiger partial charge in [0.15, 0.2) is 11.8 Å². The highest BCUT2D eigenvalue weighted by Crippen LogP contribution is 2.09. The van der Waals surface area contributed by atoms with Crippen LogP contribution in [0.15, 0.2) is 9.52 Å². The van der Waals surface area contributed by atoms with Gasteiger partial charge in [-0.3, -0.25) is 4.99 Å². The summed E-state index contributed by atoms with van der Waals surface area (Å²) >= 11 is 0. The van der Waals surface area contributed by atoms with Crippen LogP contribution in [0.4, 0.5) is 4.79 Å². The second kappa shape index (κ2) is 9.24. The van der Waals surface area contributed by atoms with E-state index in [1.54, 1.807) is 11.9 Å². The first-order valence-electron chi connectivity index (χ1n) is 8.74. The summed E-state index contributed by atoms with van der Waals surface area (Å²) in [7, 11) is 1.75. The summed E-state index contributed by atoms with van der Waals surface area (Å²) in [4.78, 5) is 24.3. The molecule has 1 saturated heterocycles. The maximum atomic E-state index is 11.7. The third-order valence-corrected chi connectivity index (χ3v) is 3.94. The van der Waals surface area contributed by atoms with E-state index < -0.39 is 0 Å². The Hall–Kier alpha value is -2.32. The topological polar surface area (TPSA) is 96.1 Å². The summed E-state index contributed by atoms with van der Waals surface area (Å²) < 4.78 is 10.3. The number of nitrogens with one attached hydrogen (secondary N) is 1. The second-order valence-corrected chi connectivity index (χ2v) is 6.10. The molecule has 1 aromatic rings. The van der Waals surface area contributed by atoms with E-state index in [0.717, 1.165) is 24.9 Å². The number of aliphatic imine (C=N–C) groups is 1.